The molecule has 0 aliphatic carbocycles. The molecule has 1 aliphatic rings. The second-order valence-electron chi connectivity index (χ2n) is 5.60. The Morgan fingerprint density at radius 3 is 2.86 bits per heavy atom. The van der Waals surface area contributed by atoms with E-state index < -0.39 is 10.0 Å². The van der Waals surface area contributed by atoms with E-state index >= 15 is 0 Å². The highest BCUT2D eigenvalue weighted by molar-refractivity contribution is 7.89. The predicted octanol–water partition coefficient (Wildman–Crippen LogP) is 3.06. The lowest BCUT2D eigenvalue weighted by Gasteiger charge is -2.20. The zero-order valence-corrected chi connectivity index (χ0v) is 14.6. The van der Waals surface area contributed by atoms with E-state index in [2.05, 4.69) is 12.2 Å². The summed E-state index contributed by atoms with van der Waals surface area (Å²) in [4.78, 5) is 1.43. The van der Waals surface area contributed by atoms with E-state index in [-0.39, 0.29) is 0 Å². The van der Waals surface area contributed by atoms with Gasteiger partial charge in [0.15, 0.2) is 0 Å². The Balaban J connectivity index is 2.16. The number of thiophene rings is 1. The van der Waals surface area contributed by atoms with Crippen LogP contribution in [0.15, 0.2) is 16.3 Å². The van der Waals surface area contributed by atoms with Crippen LogP contribution in [-0.2, 0) is 16.6 Å². The zero-order chi connectivity index (χ0) is 15.3. The van der Waals surface area contributed by atoms with Gasteiger partial charge < -0.3 is 5.32 Å². The van der Waals surface area contributed by atoms with Crippen LogP contribution in [0, 0.1) is 5.92 Å². The monoisotopic (exact) mass is 330 g/mol. The minimum absolute atomic E-state index is 0.503. The van der Waals surface area contributed by atoms with Crippen molar-refractivity contribution >= 4 is 21.4 Å². The maximum absolute atomic E-state index is 12.9. The van der Waals surface area contributed by atoms with Crippen LogP contribution >= 0.6 is 11.3 Å². The fourth-order valence-corrected chi connectivity index (χ4v) is 5.73. The van der Waals surface area contributed by atoms with Crippen molar-refractivity contribution in [3.63, 3.8) is 0 Å². The van der Waals surface area contributed by atoms with Gasteiger partial charge in [0, 0.05) is 24.5 Å². The van der Waals surface area contributed by atoms with Crippen molar-refractivity contribution in [3.05, 3.63) is 16.3 Å². The van der Waals surface area contributed by atoms with E-state index in [4.69, 9.17) is 0 Å². The first kappa shape index (κ1) is 16.9. The SMILES string of the molecule is CCNCc1sccc1S(=O)(=O)N1CCCC(CC)CC1. The Kier molecular flexibility index (Phi) is 6.22. The molecule has 1 atom stereocenters. The minimum atomic E-state index is -3.33. The van der Waals surface area contributed by atoms with E-state index in [9.17, 15) is 8.42 Å². The third-order valence-corrected chi connectivity index (χ3v) is 7.28. The number of rotatable bonds is 6. The molecule has 4 nitrogen and oxygen atoms in total. The smallest absolute Gasteiger partial charge is 0.244 e. The van der Waals surface area contributed by atoms with Gasteiger partial charge in [-0.15, -0.1) is 11.3 Å². The zero-order valence-electron chi connectivity index (χ0n) is 13.0. The molecule has 21 heavy (non-hydrogen) atoms. The lowest BCUT2D eigenvalue weighted by molar-refractivity contribution is 0.407. The molecule has 0 spiro atoms. The van der Waals surface area contributed by atoms with Crippen LogP contribution < -0.4 is 5.32 Å². The predicted molar refractivity (Wildman–Crippen MR) is 88.1 cm³/mol. The topological polar surface area (TPSA) is 49.4 Å². The molecule has 2 rings (SSSR count). The number of sulfonamides is 1. The molecule has 1 N–H and O–H groups in total. The molecule has 0 bridgehead atoms. The van der Waals surface area contributed by atoms with Crippen molar-refractivity contribution in [1.82, 2.24) is 9.62 Å². The molecule has 1 saturated heterocycles. The van der Waals surface area contributed by atoms with Crippen LogP contribution in [0.3, 0.4) is 0 Å². The molecule has 1 fully saturated rings. The third-order valence-electron chi connectivity index (χ3n) is 4.24. The normalized spacial score (nSPS) is 21.3. The highest BCUT2D eigenvalue weighted by atomic mass is 32.2. The highest BCUT2D eigenvalue weighted by Gasteiger charge is 2.29. The van der Waals surface area contributed by atoms with Gasteiger partial charge in [-0.3, -0.25) is 0 Å². The van der Waals surface area contributed by atoms with Crippen molar-refractivity contribution < 1.29 is 8.42 Å². The van der Waals surface area contributed by atoms with Gasteiger partial charge in [-0.05, 0) is 43.2 Å². The van der Waals surface area contributed by atoms with Crippen LogP contribution in [0.2, 0.25) is 0 Å². The average molecular weight is 331 g/mol. The summed E-state index contributed by atoms with van der Waals surface area (Å²) < 4.78 is 27.5. The molecule has 0 radical (unpaired) electrons. The molecule has 2 heterocycles. The number of nitrogens with zero attached hydrogens (tertiary/aromatic N) is 1. The fourth-order valence-electron chi connectivity index (χ4n) is 2.85. The first-order valence-electron chi connectivity index (χ1n) is 7.86. The van der Waals surface area contributed by atoms with Crippen LogP contribution in [0.4, 0.5) is 0 Å². The van der Waals surface area contributed by atoms with Gasteiger partial charge in [-0.1, -0.05) is 20.3 Å². The molecular formula is C15H26N2O2S2. The Hall–Kier alpha value is -0.430. The van der Waals surface area contributed by atoms with E-state index in [0.717, 1.165) is 37.1 Å². The Morgan fingerprint density at radius 1 is 1.33 bits per heavy atom. The summed E-state index contributed by atoms with van der Waals surface area (Å²) in [6, 6.07) is 1.76. The highest BCUT2D eigenvalue weighted by Crippen LogP contribution is 2.28. The van der Waals surface area contributed by atoms with Gasteiger partial charge in [-0.2, -0.15) is 4.31 Å². The standard InChI is InChI=1S/C15H26N2O2S2/c1-3-13-6-5-9-17(10-7-13)21(18,19)15-8-11-20-14(15)12-16-4-2/h8,11,13,16H,3-7,9-10,12H2,1-2H3. The Morgan fingerprint density at radius 2 is 2.14 bits per heavy atom. The summed E-state index contributed by atoms with van der Waals surface area (Å²) in [7, 11) is -3.33. The fraction of sp³-hybridized carbons (Fsp3) is 0.733. The van der Waals surface area contributed by atoms with Crippen molar-refractivity contribution in [2.24, 2.45) is 5.92 Å². The maximum Gasteiger partial charge on any atom is 0.244 e. The molecule has 0 amide bonds. The van der Waals surface area contributed by atoms with Crippen LogP contribution in [0.5, 0.6) is 0 Å². The Labute approximate surface area is 132 Å². The number of hydrogen-bond acceptors (Lipinski definition) is 4. The summed E-state index contributed by atoms with van der Waals surface area (Å²) in [6.45, 7) is 7.03. The summed E-state index contributed by atoms with van der Waals surface area (Å²) in [5.74, 6) is 0.675. The van der Waals surface area contributed by atoms with E-state index in [1.54, 1.807) is 10.4 Å². The first-order chi connectivity index (χ1) is 10.1. The Bertz CT molecular complexity index is 540. The van der Waals surface area contributed by atoms with Crippen molar-refractivity contribution in [2.45, 2.75) is 51.0 Å². The molecule has 1 unspecified atom stereocenters. The molecular weight excluding hydrogens is 304 g/mol. The number of hydrogen-bond donors (Lipinski definition) is 1. The van der Waals surface area contributed by atoms with E-state index in [1.807, 2.05) is 12.3 Å². The minimum Gasteiger partial charge on any atom is -0.312 e. The van der Waals surface area contributed by atoms with Gasteiger partial charge in [0.2, 0.25) is 10.0 Å². The average Bonchev–Trinajstić information content (AvgIpc) is 2.81. The van der Waals surface area contributed by atoms with E-state index in [0.29, 0.717) is 30.4 Å². The van der Waals surface area contributed by atoms with Crippen molar-refractivity contribution in [1.29, 1.82) is 0 Å². The molecule has 0 saturated carbocycles. The van der Waals surface area contributed by atoms with Crippen LogP contribution in [0.1, 0.15) is 44.4 Å². The summed E-state index contributed by atoms with van der Waals surface area (Å²) in [6.07, 6.45) is 4.27. The molecule has 0 aromatic carbocycles. The van der Waals surface area contributed by atoms with E-state index in [1.165, 1.54) is 11.3 Å². The second-order valence-corrected chi connectivity index (χ2v) is 8.50. The first-order valence-corrected chi connectivity index (χ1v) is 10.2. The maximum atomic E-state index is 12.9. The van der Waals surface area contributed by atoms with Crippen LogP contribution in [0.25, 0.3) is 0 Å². The summed E-state index contributed by atoms with van der Waals surface area (Å²) in [5, 5.41) is 5.10. The molecule has 1 aliphatic heterocycles. The van der Waals surface area contributed by atoms with Crippen molar-refractivity contribution in [2.75, 3.05) is 19.6 Å². The quantitative estimate of drug-likeness (QED) is 0.872. The van der Waals surface area contributed by atoms with Gasteiger partial charge >= 0.3 is 0 Å². The lowest BCUT2D eigenvalue weighted by Crippen LogP contribution is -2.32. The molecule has 1 aromatic heterocycles. The van der Waals surface area contributed by atoms with Crippen LogP contribution in [-0.4, -0.2) is 32.4 Å². The third kappa shape index (κ3) is 4.06. The van der Waals surface area contributed by atoms with Gasteiger partial charge in [0.1, 0.15) is 0 Å². The molecule has 120 valence electrons. The second kappa shape index (κ2) is 7.72. The number of nitrogens with one attached hydrogen (secondary N) is 1. The summed E-state index contributed by atoms with van der Waals surface area (Å²) in [5.41, 5.74) is 0. The molecule has 6 heteroatoms. The van der Waals surface area contributed by atoms with Gasteiger partial charge in [0.25, 0.3) is 0 Å². The largest absolute Gasteiger partial charge is 0.312 e. The molecule has 1 aromatic rings. The summed E-state index contributed by atoms with van der Waals surface area (Å²) >= 11 is 1.52. The lowest BCUT2D eigenvalue weighted by atomic mass is 9.98. The van der Waals surface area contributed by atoms with Crippen molar-refractivity contribution in [3.8, 4) is 0 Å². The van der Waals surface area contributed by atoms with Gasteiger partial charge in [-0.25, -0.2) is 8.42 Å². The van der Waals surface area contributed by atoms with Gasteiger partial charge in [0.05, 0.1) is 4.90 Å².